The number of nitrogens with two attached hydrogens (primary N) is 1. The molecular formula is C15H19N3O2. The van der Waals surface area contributed by atoms with Crippen molar-refractivity contribution in [1.29, 1.82) is 0 Å². The number of benzene rings is 1. The number of Topliss-reactive ketones (excluding diaryl/α,β-unsaturated/α-hetero) is 1. The molecule has 0 aromatic heterocycles. The van der Waals surface area contributed by atoms with E-state index >= 15 is 0 Å². The number of rotatable bonds is 5. The first-order valence-electron chi connectivity index (χ1n) is 6.26. The lowest BCUT2D eigenvalue weighted by Gasteiger charge is -2.08. The number of nitrogens with one attached hydrogen (secondary N) is 1. The Morgan fingerprint density at radius 3 is 2.25 bits per heavy atom. The predicted molar refractivity (Wildman–Crippen MR) is 80.4 cm³/mol. The number of carbonyl (C=O) groups excluding carboxylic acids is 2. The van der Waals surface area contributed by atoms with E-state index in [1.54, 1.807) is 26.0 Å². The number of aliphatic imine (C=N–C) groups is 1. The Hall–Kier alpha value is -2.43. The van der Waals surface area contributed by atoms with Crippen LogP contribution in [0.4, 0.5) is 5.69 Å². The number of nitrogens with zero attached hydrogens (tertiary/aromatic N) is 1. The summed E-state index contributed by atoms with van der Waals surface area (Å²) in [5.41, 5.74) is 7.35. The number of amides is 1. The molecule has 3 N–H and O–H groups in total. The summed E-state index contributed by atoms with van der Waals surface area (Å²) in [5, 5.41) is 2.71. The molecule has 0 saturated heterocycles. The van der Waals surface area contributed by atoms with Crippen LogP contribution in [0.1, 0.15) is 27.2 Å². The van der Waals surface area contributed by atoms with Crippen molar-refractivity contribution >= 4 is 23.1 Å². The molecule has 106 valence electrons. The van der Waals surface area contributed by atoms with E-state index in [1.165, 1.54) is 6.92 Å². The molecule has 5 heteroatoms. The minimum atomic E-state index is -0.390. The molecule has 0 radical (unpaired) electrons. The van der Waals surface area contributed by atoms with Gasteiger partial charge in [0.05, 0.1) is 0 Å². The van der Waals surface area contributed by atoms with Crippen LogP contribution in [0.3, 0.4) is 0 Å². The molecule has 0 unspecified atom stereocenters. The standard InChI is InChI=1S/C15H19N3O2/c1-10(9-11(2)19)17-14(12(3)16)15(20)18-13-7-5-4-6-8-13/h4-8H,9,16H2,1-3H3,(H,18,20)/b14-12-,17-10?. The Morgan fingerprint density at radius 1 is 1.15 bits per heavy atom. The Balaban J connectivity index is 2.90. The zero-order valence-electron chi connectivity index (χ0n) is 11.9. The molecule has 0 atom stereocenters. The van der Waals surface area contributed by atoms with Crippen LogP contribution in [-0.4, -0.2) is 17.4 Å². The van der Waals surface area contributed by atoms with Gasteiger partial charge in [-0.25, -0.2) is 0 Å². The van der Waals surface area contributed by atoms with Gasteiger partial charge in [0.2, 0.25) is 0 Å². The lowest BCUT2D eigenvalue weighted by Crippen LogP contribution is -2.18. The summed E-state index contributed by atoms with van der Waals surface area (Å²) in [6.45, 7) is 4.77. The highest BCUT2D eigenvalue weighted by molar-refractivity contribution is 6.07. The quantitative estimate of drug-likeness (QED) is 0.637. The third-order valence-electron chi connectivity index (χ3n) is 2.43. The predicted octanol–water partition coefficient (Wildman–Crippen LogP) is 2.26. The van der Waals surface area contributed by atoms with Crippen LogP contribution in [0.2, 0.25) is 0 Å². The minimum absolute atomic E-state index is 0.0104. The largest absolute Gasteiger partial charge is 0.400 e. The van der Waals surface area contributed by atoms with Crippen LogP contribution in [0.15, 0.2) is 46.7 Å². The number of hydrogen-bond donors (Lipinski definition) is 2. The molecule has 1 aromatic carbocycles. The van der Waals surface area contributed by atoms with Crippen molar-refractivity contribution in [2.24, 2.45) is 10.7 Å². The van der Waals surface area contributed by atoms with Crippen molar-refractivity contribution in [3.8, 4) is 0 Å². The van der Waals surface area contributed by atoms with Crippen LogP contribution >= 0.6 is 0 Å². The first-order valence-corrected chi connectivity index (χ1v) is 6.26. The van der Waals surface area contributed by atoms with E-state index in [4.69, 9.17) is 5.73 Å². The summed E-state index contributed by atoms with van der Waals surface area (Å²) in [4.78, 5) is 27.3. The molecule has 5 nitrogen and oxygen atoms in total. The van der Waals surface area contributed by atoms with Gasteiger partial charge in [0.1, 0.15) is 11.5 Å². The van der Waals surface area contributed by atoms with Crippen molar-refractivity contribution in [1.82, 2.24) is 0 Å². The Bertz CT molecular complexity index is 556. The van der Waals surface area contributed by atoms with E-state index in [9.17, 15) is 9.59 Å². The number of hydrogen-bond acceptors (Lipinski definition) is 4. The van der Waals surface area contributed by atoms with Crippen molar-refractivity contribution in [3.05, 3.63) is 41.7 Å². The van der Waals surface area contributed by atoms with Crippen molar-refractivity contribution in [2.45, 2.75) is 27.2 Å². The lowest BCUT2D eigenvalue weighted by molar-refractivity contribution is -0.116. The van der Waals surface area contributed by atoms with Crippen LogP contribution in [-0.2, 0) is 9.59 Å². The van der Waals surface area contributed by atoms with E-state index in [0.29, 0.717) is 17.1 Å². The first kappa shape index (κ1) is 15.6. The molecule has 0 heterocycles. The smallest absolute Gasteiger partial charge is 0.276 e. The Morgan fingerprint density at radius 2 is 1.75 bits per heavy atom. The second-order valence-corrected chi connectivity index (χ2v) is 4.58. The summed E-state index contributed by atoms with van der Waals surface area (Å²) in [6, 6.07) is 9.04. The second-order valence-electron chi connectivity index (χ2n) is 4.58. The van der Waals surface area contributed by atoms with Gasteiger partial charge in [-0.1, -0.05) is 18.2 Å². The highest BCUT2D eigenvalue weighted by Gasteiger charge is 2.12. The van der Waals surface area contributed by atoms with Gasteiger partial charge in [-0.2, -0.15) is 0 Å². The normalized spacial score (nSPS) is 12.7. The van der Waals surface area contributed by atoms with E-state index in [1.807, 2.05) is 18.2 Å². The molecule has 0 fully saturated rings. The summed E-state index contributed by atoms with van der Waals surface area (Å²) in [5.74, 6) is -0.400. The van der Waals surface area contributed by atoms with Gasteiger partial charge < -0.3 is 11.1 Å². The fourth-order valence-electron chi connectivity index (χ4n) is 1.62. The molecule has 0 bridgehead atoms. The van der Waals surface area contributed by atoms with Crippen molar-refractivity contribution in [2.75, 3.05) is 5.32 Å². The number of ketones is 1. The van der Waals surface area contributed by atoms with Crippen molar-refractivity contribution in [3.63, 3.8) is 0 Å². The molecular weight excluding hydrogens is 254 g/mol. The fourth-order valence-corrected chi connectivity index (χ4v) is 1.62. The van der Waals surface area contributed by atoms with Gasteiger partial charge in [0.15, 0.2) is 0 Å². The third kappa shape index (κ3) is 5.06. The summed E-state index contributed by atoms with van der Waals surface area (Å²) in [7, 11) is 0. The summed E-state index contributed by atoms with van der Waals surface area (Å²) < 4.78 is 0. The zero-order chi connectivity index (χ0) is 15.1. The van der Waals surface area contributed by atoms with E-state index < -0.39 is 0 Å². The maximum atomic E-state index is 12.1. The number of allylic oxidation sites excluding steroid dienone is 1. The van der Waals surface area contributed by atoms with Gasteiger partial charge in [0, 0.05) is 23.5 Å². The highest BCUT2D eigenvalue weighted by atomic mass is 16.2. The van der Waals surface area contributed by atoms with Crippen LogP contribution < -0.4 is 11.1 Å². The molecule has 0 saturated carbocycles. The molecule has 1 amide bonds. The first-order chi connectivity index (χ1) is 9.40. The highest BCUT2D eigenvalue weighted by Crippen LogP contribution is 2.10. The number of para-hydroxylation sites is 1. The number of anilines is 1. The van der Waals surface area contributed by atoms with Crippen LogP contribution in [0.25, 0.3) is 0 Å². The maximum Gasteiger partial charge on any atom is 0.276 e. The lowest BCUT2D eigenvalue weighted by atomic mass is 10.2. The van der Waals surface area contributed by atoms with Gasteiger partial charge in [-0.15, -0.1) is 0 Å². The zero-order valence-corrected chi connectivity index (χ0v) is 11.9. The van der Waals surface area contributed by atoms with E-state index in [0.717, 1.165) is 0 Å². The Kier molecular flexibility index (Phi) is 5.65. The average Bonchev–Trinajstić information content (AvgIpc) is 2.35. The summed E-state index contributed by atoms with van der Waals surface area (Å²) in [6.07, 6.45) is 0.204. The SMILES string of the molecule is CC(=O)CC(C)=N/C(C(=O)Nc1ccccc1)=C(/C)N. The molecule has 0 aliphatic heterocycles. The van der Waals surface area contributed by atoms with Gasteiger partial charge in [-0.3, -0.25) is 14.6 Å². The molecule has 1 aromatic rings. The molecule has 0 spiro atoms. The van der Waals surface area contributed by atoms with Gasteiger partial charge in [0.25, 0.3) is 5.91 Å². The van der Waals surface area contributed by atoms with E-state index in [2.05, 4.69) is 10.3 Å². The monoisotopic (exact) mass is 273 g/mol. The van der Waals surface area contributed by atoms with Crippen LogP contribution in [0, 0.1) is 0 Å². The average molecular weight is 273 g/mol. The molecule has 1 rings (SSSR count). The van der Waals surface area contributed by atoms with Crippen LogP contribution in [0.5, 0.6) is 0 Å². The fraction of sp³-hybridized carbons (Fsp3) is 0.267. The minimum Gasteiger partial charge on any atom is -0.400 e. The number of carbonyl (C=O) groups is 2. The topological polar surface area (TPSA) is 84.5 Å². The molecule has 0 aliphatic rings. The second kappa shape index (κ2) is 7.23. The van der Waals surface area contributed by atoms with Gasteiger partial charge in [-0.05, 0) is 32.9 Å². The molecule has 20 heavy (non-hydrogen) atoms. The Labute approximate surface area is 118 Å². The maximum absolute atomic E-state index is 12.1. The molecule has 0 aliphatic carbocycles. The van der Waals surface area contributed by atoms with Gasteiger partial charge >= 0.3 is 0 Å². The third-order valence-corrected chi connectivity index (χ3v) is 2.43. The summed E-state index contributed by atoms with van der Waals surface area (Å²) >= 11 is 0. The van der Waals surface area contributed by atoms with Crippen molar-refractivity contribution < 1.29 is 9.59 Å². The van der Waals surface area contributed by atoms with E-state index in [-0.39, 0.29) is 23.8 Å².